The van der Waals surface area contributed by atoms with E-state index in [4.69, 9.17) is 37.4 Å². The molecule has 2 heterocycles. The Labute approximate surface area is 333 Å². The fourth-order valence-electron chi connectivity index (χ4n) is 6.21. The van der Waals surface area contributed by atoms with Crippen LogP contribution in [0.25, 0.3) is 10.4 Å². The summed E-state index contributed by atoms with van der Waals surface area (Å²) in [6, 6.07) is 14.5. The second kappa shape index (κ2) is 17.2. The van der Waals surface area contributed by atoms with Crippen molar-refractivity contribution in [1.29, 1.82) is 0 Å². The molecule has 1 N–H and O–H groups in total. The molecule has 1 fully saturated rings. The van der Waals surface area contributed by atoms with Gasteiger partial charge in [-0.05, 0) is 104 Å². The second-order valence-electron chi connectivity index (χ2n) is 15.9. The smallest absolute Gasteiger partial charge is 0.352 e. The molecule has 1 aliphatic heterocycles. The predicted octanol–water partition coefficient (Wildman–Crippen LogP) is 8.52. The Morgan fingerprint density at radius 3 is 2.31 bits per heavy atom. The van der Waals surface area contributed by atoms with E-state index in [-0.39, 0.29) is 45.7 Å². The van der Waals surface area contributed by atoms with Gasteiger partial charge in [0.1, 0.15) is 16.2 Å². The van der Waals surface area contributed by atoms with E-state index in [1.165, 1.54) is 4.90 Å². The number of sulfonamides is 1. The van der Waals surface area contributed by atoms with E-state index in [1.807, 2.05) is 38.1 Å². The van der Waals surface area contributed by atoms with Crippen LogP contribution in [0.3, 0.4) is 0 Å². The minimum Gasteiger partial charge on any atom is -0.479 e. The number of ether oxygens (including phenoxy) is 3. The van der Waals surface area contributed by atoms with Gasteiger partial charge in [0.05, 0.1) is 10.6 Å². The number of hydrogen-bond donors (Lipinski definition) is 1. The van der Waals surface area contributed by atoms with E-state index in [0.717, 1.165) is 17.0 Å². The van der Waals surface area contributed by atoms with Crippen LogP contribution in [0, 0.1) is 0 Å². The first-order chi connectivity index (χ1) is 25.0. The van der Waals surface area contributed by atoms with Crippen LogP contribution in [0.15, 0.2) is 48.5 Å². The summed E-state index contributed by atoms with van der Waals surface area (Å²) in [7, 11) is -2.06. The predicted molar refractivity (Wildman–Crippen MR) is 217 cm³/mol. The van der Waals surface area contributed by atoms with Crippen molar-refractivity contribution < 1.29 is 37.0 Å². The van der Waals surface area contributed by atoms with Crippen LogP contribution in [0.1, 0.15) is 89.9 Å². The van der Waals surface area contributed by atoms with E-state index in [9.17, 15) is 22.8 Å². The molecule has 54 heavy (non-hydrogen) atoms. The zero-order valence-corrected chi connectivity index (χ0v) is 35.5. The maximum absolute atomic E-state index is 13.8. The van der Waals surface area contributed by atoms with Crippen LogP contribution >= 0.6 is 34.5 Å². The summed E-state index contributed by atoms with van der Waals surface area (Å²) in [5.74, 6) is -1.33. The normalized spacial score (nSPS) is 16.4. The van der Waals surface area contributed by atoms with Gasteiger partial charge in [0.25, 0.3) is 0 Å². The highest BCUT2D eigenvalue weighted by Crippen LogP contribution is 2.47. The van der Waals surface area contributed by atoms with Crippen molar-refractivity contribution in [2.24, 2.45) is 0 Å². The molecule has 1 aromatic heterocycles. The van der Waals surface area contributed by atoms with Crippen LogP contribution < -0.4 is 15.0 Å². The molecule has 1 aliphatic rings. The molecule has 11 nitrogen and oxygen atoms in total. The maximum atomic E-state index is 13.8. The summed E-state index contributed by atoms with van der Waals surface area (Å²) in [6.07, 6.45) is 1.29. The second-order valence-corrected chi connectivity index (χ2v) is 19.6. The Morgan fingerprint density at radius 1 is 1.02 bits per heavy atom. The van der Waals surface area contributed by atoms with Crippen molar-refractivity contribution in [3.8, 4) is 16.2 Å². The highest BCUT2D eigenvalue weighted by atomic mass is 35.5. The van der Waals surface area contributed by atoms with Gasteiger partial charge in [0, 0.05) is 48.8 Å². The number of hydrogen-bond acceptors (Lipinski definition) is 10. The molecule has 1 amide bonds. The highest BCUT2D eigenvalue weighted by molar-refractivity contribution is 7.88. The van der Waals surface area contributed by atoms with Gasteiger partial charge in [0.15, 0.2) is 17.2 Å². The summed E-state index contributed by atoms with van der Waals surface area (Å²) < 4.78 is 46.0. The van der Waals surface area contributed by atoms with E-state index >= 15 is 0 Å². The summed E-state index contributed by atoms with van der Waals surface area (Å²) in [5.41, 5.74) is 0.497. The van der Waals surface area contributed by atoms with Crippen molar-refractivity contribution in [2.45, 2.75) is 103 Å². The Kier molecular flexibility index (Phi) is 13.8. The molecule has 0 spiro atoms. The first-order valence-corrected chi connectivity index (χ1v) is 21.0. The first-order valence-electron chi connectivity index (χ1n) is 17.7. The molecule has 15 heteroatoms. The number of halogens is 2. The molecule has 2 aromatic carbocycles. The van der Waals surface area contributed by atoms with Crippen LogP contribution in [-0.4, -0.2) is 79.4 Å². The monoisotopic (exact) mass is 823 g/mol. The van der Waals surface area contributed by atoms with Crippen LogP contribution in [0.2, 0.25) is 5.02 Å². The number of alkyl halides is 1. The largest absolute Gasteiger partial charge is 0.479 e. The third kappa shape index (κ3) is 11.6. The number of thiophene rings is 1. The molecule has 4 rings (SSSR count). The third-order valence-electron chi connectivity index (χ3n) is 8.41. The molecule has 296 valence electrons. The van der Waals surface area contributed by atoms with Crippen molar-refractivity contribution in [3.05, 3.63) is 64.0 Å². The van der Waals surface area contributed by atoms with E-state index < -0.39 is 45.3 Å². The Balaban J connectivity index is 1.51. The lowest BCUT2D eigenvalue weighted by Gasteiger charge is -2.45. The van der Waals surface area contributed by atoms with Gasteiger partial charge < -0.3 is 24.4 Å². The average molecular weight is 825 g/mol. The number of carbonyl (C=O) groups excluding carboxylic acids is 3. The van der Waals surface area contributed by atoms with Crippen molar-refractivity contribution in [1.82, 2.24) is 4.31 Å². The average Bonchev–Trinajstić information content (AvgIpc) is 3.37. The highest BCUT2D eigenvalue weighted by Gasteiger charge is 2.41. The maximum Gasteiger partial charge on any atom is 0.352 e. The Morgan fingerprint density at radius 2 is 1.69 bits per heavy atom. The zero-order valence-electron chi connectivity index (χ0n) is 32.4. The molecule has 1 saturated heterocycles. The number of nitrogens with zero attached hydrogens (tertiary/aromatic N) is 2. The molecule has 1 unspecified atom stereocenters. The number of piperidine rings is 1. The molecule has 3 aromatic rings. The number of anilines is 2. The van der Waals surface area contributed by atoms with Gasteiger partial charge in [0.2, 0.25) is 15.9 Å². The van der Waals surface area contributed by atoms with Gasteiger partial charge in [-0.15, -0.1) is 22.9 Å². The lowest BCUT2D eigenvalue weighted by Crippen LogP contribution is -2.55. The Bertz CT molecular complexity index is 1950. The molecule has 0 bridgehead atoms. The fraction of sp³-hybridized carbons (Fsp3) is 0.513. The van der Waals surface area contributed by atoms with Crippen LogP contribution in [0.5, 0.6) is 5.75 Å². The summed E-state index contributed by atoms with van der Waals surface area (Å²) in [4.78, 5) is 40.3. The topological polar surface area (TPSA) is 132 Å². The van der Waals surface area contributed by atoms with Crippen molar-refractivity contribution in [3.63, 3.8) is 0 Å². The molecule has 0 saturated carbocycles. The SMILES string of the molecule is CN(C(=O)CCCl)c1cccc(CS(=O)(=O)N2CCC(Nc3cccc(-c4sc(C(=O)OC(C)(C)C)c(OCC(=O)OC(C)(C)C)c4Cl)c3)CC2(C)C)c1. The Hall–Kier alpha value is -3.36. The number of amides is 1. The van der Waals surface area contributed by atoms with Crippen LogP contribution in [0.4, 0.5) is 11.4 Å². The van der Waals surface area contributed by atoms with E-state index in [1.54, 1.807) is 77.2 Å². The van der Waals surface area contributed by atoms with Gasteiger partial charge in [-0.25, -0.2) is 18.0 Å². The molecule has 0 radical (unpaired) electrons. The molecular formula is C39H51Cl2N3O8S2. The summed E-state index contributed by atoms with van der Waals surface area (Å²) in [6.45, 7) is 14.2. The number of nitrogens with one attached hydrogen (secondary N) is 1. The van der Waals surface area contributed by atoms with Crippen molar-refractivity contribution in [2.75, 3.05) is 36.3 Å². The lowest BCUT2D eigenvalue weighted by molar-refractivity contribution is -0.157. The number of rotatable bonds is 13. The third-order valence-corrected chi connectivity index (χ3v) is 12.3. The minimum atomic E-state index is -3.71. The quantitative estimate of drug-likeness (QED) is 0.133. The van der Waals surface area contributed by atoms with E-state index in [0.29, 0.717) is 41.1 Å². The number of benzene rings is 2. The van der Waals surface area contributed by atoms with Gasteiger partial charge >= 0.3 is 11.9 Å². The zero-order chi connectivity index (χ0) is 40.2. The van der Waals surface area contributed by atoms with Gasteiger partial charge in [-0.3, -0.25) is 4.79 Å². The standard InChI is InChI=1S/C39H51Cl2N3O8S2/c1-37(2,3)51-31(46)23-50-33-32(41)34(53-35(33)36(47)52-38(4,5)6)26-13-11-14-27(21-26)42-28-17-19-44(39(7,8)22-28)54(48,49)24-25-12-10-15-29(20-25)43(9)30(45)16-18-40/h10-15,20-21,28,42H,16-19,22-24H2,1-9H3. The van der Waals surface area contributed by atoms with E-state index in [2.05, 4.69) is 5.32 Å². The molecular weight excluding hydrogens is 773 g/mol. The first kappa shape index (κ1) is 43.4. The summed E-state index contributed by atoms with van der Waals surface area (Å²) >= 11 is 13.7. The molecule has 1 atom stereocenters. The number of carbonyl (C=O) groups is 3. The number of esters is 2. The lowest BCUT2D eigenvalue weighted by atomic mass is 9.89. The summed E-state index contributed by atoms with van der Waals surface area (Å²) in [5, 5.41) is 3.74. The van der Waals surface area contributed by atoms with Gasteiger partial charge in [-0.2, -0.15) is 4.31 Å². The van der Waals surface area contributed by atoms with Crippen molar-refractivity contribution >= 4 is 73.8 Å². The van der Waals surface area contributed by atoms with Crippen LogP contribution in [-0.2, 0) is 34.8 Å². The minimum absolute atomic E-state index is 0.0454. The fourth-order valence-corrected chi connectivity index (χ4v) is 9.78. The molecule has 0 aliphatic carbocycles. The van der Waals surface area contributed by atoms with Gasteiger partial charge in [-0.1, -0.05) is 35.9 Å².